The van der Waals surface area contributed by atoms with Crippen LogP contribution in [0.4, 0.5) is 0 Å². The Hall–Kier alpha value is -5.53. The van der Waals surface area contributed by atoms with Crippen molar-refractivity contribution in [1.29, 1.82) is 0 Å². The highest BCUT2D eigenvalue weighted by Gasteiger charge is 2.47. The monoisotopic (exact) mass is 609 g/mol. The lowest BCUT2D eigenvalue weighted by molar-refractivity contribution is -0.150. The Kier molecular flexibility index (Phi) is 8.26. The highest BCUT2D eigenvalue weighted by molar-refractivity contribution is 5.98. The minimum atomic E-state index is -1.98. The van der Waals surface area contributed by atoms with E-state index in [0.29, 0.717) is 11.1 Å². The molecule has 0 fully saturated rings. The molecule has 0 bridgehead atoms. The summed E-state index contributed by atoms with van der Waals surface area (Å²) in [5.41, 5.74) is 1.18. The summed E-state index contributed by atoms with van der Waals surface area (Å²) in [4.78, 5) is 29.8. The van der Waals surface area contributed by atoms with E-state index in [4.69, 9.17) is 4.98 Å². The Balaban J connectivity index is 1.60. The number of fused-ring (bicyclic) bond motifs is 1. The number of carboxylic acid groups (broad SMARTS) is 1. The third-order valence-corrected chi connectivity index (χ3v) is 8.92. The molecule has 230 valence electrons. The van der Waals surface area contributed by atoms with Gasteiger partial charge in [-0.1, -0.05) is 116 Å². The predicted octanol–water partition coefficient (Wildman–Crippen LogP) is 6.58. The first-order valence-electron chi connectivity index (χ1n) is 15.3. The van der Waals surface area contributed by atoms with Crippen LogP contribution in [0.15, 0.2) is 140 Å². The van der Waals surface area contributed by atoms with Crippen LogP contribution in [0.3, 0.4) is 0 Å². The summed E-state index contributed by atoms with van der Waals surface area (Å²) >= 11 is 0. The van der Waals surface area contributed by atoms with E-state index in [1.54, 1.807) is 62.9 Å². The molecule has 0 spiro atoms. The summed E-state index contributed by atoms with van der Waals surface area (Å²) in [7, 11) is 1.58. The second-order valence-corrected chi connectivity index (χ2v) is 11.4. The van der Waals surface area contributed by atoms with E-state index in [-0.39, 0.29) is 18.0 Å². The number of hydrogen-bond donors (Lipinski definition) is 3. The van der Waals surface area contributed by atoms with Gasteiger partial charge in [-0.3, -0.25) is 9.59 Å². The standard InChI is InChI=1S/C39H35N3O4/c1-3-34(37(44)45)39(46,33-22-21-27-23-29(36(43)40-2)20-19-28(27)24-33)35-25-42(26-41-35)38(30-13-7-4-8-14-30,31-15-9-5-10-16-31)32-17-11-6-12-18-32/h4-26,34,46H,3H2,1-2H3,(H,40,43)(H,44,45)/t34?,39-/m1/s1. The molecule has 0 saturated carbocycles. The van der Waals surface area contributed by atoms with Crippen molar-refractivity contribution in [3.63, 3.8) is 0 Å². The fourth-order valence-corrected chi connectivity index (χ4v) is 6.63. The van der Waals surface area contributed by atoms with Crippen molar-refractivity contribution < 1.29 is 19.8 Å². The summed E-state index contributed by atoms with van der Waals surface area (Å²) < 4.78 is 1.97. The Labute approximate surface area is 267 Å². The van der Waals surface area contributed by atoms with Gasteiger partial charge < -0.3 is 20.1 Å². The molecule has 7 nitrogen and oxygen atoms in total. The van der Waals surface area contributed by atoms with E-state index in [1.165, 1.54) is 0 Å². The first-order chi connectivity index (χ1) is 22.3. The first-order valence-corrected chi connectivity index (χ1v) is 15.3. The van der Waals surface area contributed by atoms with Gasteiger partial charge in [0.05, 0.1) is 17.9 Å². The van der Waals surface area contributed by atoms with Gasteiger partial charge in [0.15, 0.2) is 0 Å². The molecule has 46 heavy (non-hydrogen) atoms. The van der Waals surface area contributed by atoms with Crippen LogP contribution in [0.5, 0.6) is 0 Å². The molecule has 1 unspecified atom stereocenters. The molecule has 0 aliphatic rings. The number of imidazole rings is 1. The van der Waals surface area contributed by atoms with Crippen LogP contribution in [0, 0.1) is 5.92 Å². The molecule has 5 aromatic carbocycles. The normalized spacial score (nSPS) is 13.5. The maximum absolute atomic E-state index is 12.8. The summed E-state index contributed by atoms with van der Waals surface area (Å²) in [6.07, 6.45) is 3.61. The number of hydrogen-bond acceptors (Lipinski definition) is 4. The van der Waals surface area contributed by atoms with Gasteiger partial charge in [0.1, 0.15) is 11.1 Å². The number of aliphatic hydroxyl groups is 1. The molecule has 0 aliphatic carbocycles. The lowest BCUT2D eigenvalue weighted by Gasteiger charge is -2.37. The van der Waals surface area contributed by atoms with Crippen molar-refractivity contribution in [1.82, 2.24) is 14.9 Å². The smallest absolute Gasteiger partial charge is 0.310 e. The summed E-state index contributed by atoms with van der Waals surface area (Å²) in [5, 5.41) is 27.3. The fraction of sp³-hybridized carbons (Fsp3) is 0.154. The van der Waals surface area contributed by atoms with Crippen LogP contribution in [0.1, 0.15) is 51.7 Å². The van der Waals surface area contributed by atoms with Gasteiger partial charge in [-0.05, 0) is 57.6 Å². The predicted molar refractivity (Wildman–Crippen MR) is 179 cm³/mol. The van der Waals surface area contributed by atoms with Crippen LogP contribution in [-0.2, 0) is 15.9 Å². The molecule has 7 heteroatoms. The Morgan fingerprint density at radius 1 is 0.761 bits per heavy atom. The van der Waals surface area contributed by atoms with Crippen LogP contribution in [-0.4, -0.2) is 38.7 Å². The molecular weight excluding hydrogens is 574 g/mol. The number of aromatic nitrogens is 2. The summed E-state index contributed by atoms with van der Waals surface area (Å²) in [5.74, 6) is -2.53. The molecule has 0 saturated heterocycles. The number of carboxylic acids is 1. The van der Waals surface area contributed by atoms with Crippen LogP contribution in [0.2, 0.25) is 0 Å². The summed E-state index contributed by atoms with van der Waals surface area (Å²) in [6, 6.07) is 40.8. The highest BCUT2D eigenvalue weighted by atomic mass is 16.4. The van der Waals surface area contributed by atoms with Crippen molar-refractivity contribution in [2.75, 3.05) is 7.05 Å². The van der Waals surface area contributed by atoms with Crippen molar-refractivity contribution in [3.05, 3.63) is 173 Å². The molecule has 6 rings (SSSR count). The van der Waals surface area contributed by atoms with Gasteiger partial charge in [0.2, 0.25) is 0 Å². The van der Waals surface area contributed by atoms with Gasteiger partial charge >= 0.3 is 5.97 Å². The van der Waals surface area contributed by atoms with Gasteiger partial charge in [0, 0.05) is 18.8 Å². The number of nitrogens with one attached hydrogen (secondary N) is 1. The number of aliphatic carboxylic acids is 1. The number of benzene rings is 5. The SMILES string of the molecule is CCC(C(=O)O)[C@](O)(c1ccc2cc(C(=O)NC)ccc2c1)c1cn(C(c2ccccc2)(c2ccccc2)c2ccccc2)cn1. The number of nitrogens with zero attached hydrogens (tertiary/aromatic N) is 2. The van der Waals surface area contributed by atoms with E-state index >= 15 is 0 Å². The van der Waals surface area contributed by atoms with Crippen LogP contribution < -0.4 is 5.32 Å². The lowest BCUT2D eigenvalue weighted by atomic mass is 9.76. The zero-order valence-corrected chi connectivity index (χ0v) is 25.7. The largest absolute Gasteiger partial charge is 0.481 e. The van der Waals surface area contributed by atoms with E-state index in [0.717, 1.165) is 27.5 Å². The van der Waals surface area contributed by atoms with E-state index in [9.17, 15) is 19.8 Å². The van der Waals surface area contributed by atoms with Gasteiger partial charge in [-0.15, -0.1) is 0 Å². The van der Waals surface area contributed by atoms with E-state index in [2.05, 4.69) is 41.7 Å². The fourth-order valence-electron chi connectivity index (χ4n) is 6.63. The average Bonchev–Trinajstić information content (AvgIpc) is 3.60. The van der Waals surface area contributed by atoms with Gasteiger partial charge in [0.25, 0.3) is 5.91 Å². The van der Waals surface area contributed by atoms with Gasteiger partial charge in [-0.25, -0.2) is 4.98 Å². The first kappa shape index (κ1) is 30.5. The molecule has 3 N–H and O–H groups in total. The van der Waals surface area contributed by atoms with Crippen molar-refractivity contribution in [2.45, 2.75) is 24.5 Å². The average molecular weight is 610 g/mol. The molecule has 0 radical (unpaired) electrons. The molecule has 6 aromatic rings. The molecule has 2 atom stereocenters. The van der Waals surface area contributed by atoms with Crippen LogP contribution in [0.25, 0.3) is 10.8 Å². The maximum atomic E-state index is 12.8. The van der Waals surface area contributed by atoms with E-state index < -0.39 is 23.0 Å². The molecule has 0 aliphatic heterocycles. The number of carbonyl (C=O) groups is 2. The molecule has 1 aromatic heterocycles. The van der Waals surface area contributed by atoms with E-state index in [1.807, 2.05) is 59.2 Å². The quantitative estimate of drug-likeness (QED) is 0.152. The molecule has 1 amide bonds. The second kappa shape index (κ2) is 12.5. The summed E-state index contributed by atoms with van der Waals surface area (Å²) in [6.45, 7) is 1.75. The third-order valence-electron chi connectivity index (χ3n) is 8.92. The number of amides is 1. The van der Waals surface area contributed by atoms with Crippen molar-refractivity contribution in [2.24, 2.45) is 5.92 Å². The third kappa shape index (κ3) is 5.04. The zero-order valence-electron chi connectivity index (χ0n) is 25.7. The number of rotatable bonds is 10. The topological polar surface area (TPSA) is 104 Å². The van der Waals surface area contributed by atoms with Crippen molar-refractivity contribution in [3.8, 4) is 0 Å². The highest BCUT2D eigenvalue weighted by Crippen LogP contribution is 2.44. The Morgan fingerprint density at radius 3 is 1.78 bits per heavy atom. The zero-order chi connectivity index (χ0) is 32.3. The minimum absolute atomic E-state index is 0.160. The Morgan fingerprint density at radius 2 is 1.28 bits per heavy atom. The lowest BCUT2D eigenvalue weighted by Crippen LogP contribution is -2.41. The maximum Gasteiger partial charge on any atom is 0.310 e. The van der Waals surface area contributed by atoms with Crippen LogP contribution >= 0.6 is 0 Å². The molecular formula is C39H35N3O4. The molecule has 1 heterocycles. The minimum Gasteiger partial charge on any atom is -0.481 e. The van der Waals surface area contributed by atoms with Gasteiger partial charge in [-0.2, -0.15) is 0 Å². The van der Waals surface area contributed by atoms with Crippen molar-refractivity contribution >= 4 is 22.6 Å². The Bertz CT molecular complexity index is 1890. The number of carbonyl (C=O) groups excluding carboxylic acids is 1. The second-order valence-electron chi connectivity index (χ2n) is 11.4.